The maximum Gasteiger partial charge on any atom is 0.257 e. The minimum absolute atomic E-state index is 0.0275. The summed E-state index contributed by atoms with van der Waals surface area (Å²) in [6, 6.07) is 6.45. The summed E-state index contributed by atoms with van der Waals surface area (Å²) < 4.78 is 0. The fourth-order valence-corrected chi connectivity index (χ4v) is 2.74. The van der Waals surface area contributed by atoms with Crippen LogP contribution in [0.15, 0.2) is 35.3 Å². The first kappa shape index (κ1) is 14.3. The van der Waals surface area contributed by atoms with Gasteiger partial charge in [0.05, 0.1) is 0 Å². The normalized spacial score (nSPS) is 18.5. The van der Waals surface area contributed by atoms with Crippen molar-refractivity contribution < 1.29 is 9.59 Å². The number of carbonyl (C=O) groups is 2. The number of pyridine rings is 1. The summed E-state index contributed by atoms with van der Waals surface area (Å²) in [5.41, 5.74) is 0.376. The van der Waals surface area contributed by atoms with Gasteiger partial charge in [-0.05, 0) is 25.0 Å². The van der Waals surface area contributed by atoms with Crippen molar-refractivity contribution in [3.05, 3.63) is 46.2 Å². The molecule has 1 aromatic heterocycles. The Hall–Kier alpha value is -2.63. The third kappa shape index (κ3) is 2.47. The molecule has 0 bridgehead atoms. The maximum absolute atomic E-state index is 12.4. The van der Waals surface area contributed by atoms with Crippen LogP contribution in [0.4, 0.5) is 0 Å². The third-order valence-electron chi connectivity index (χ3n) is 4.00. The molecule has 0 aliphatic carbocycles. The quantitative estimate of drug-likeness (QED) is 0.863. The van der Waals surface area contributed by atoms with E-state index in [0.717, 1.165) is 6.42 Å². The first-order chi connectivity index (χ1) is 10.6. The predicted molar refractivity (Wildman–Crippen MR) is 82.7 cm³/mol. The molecule has 1 unspecified atom stereocenters. The number of amides is 2. The highest BCUT2D eigenvalue weighted by molar-refractivity contribution is 5.99. The van der Waals surface area contributed by atoms with Gasteiger partial charge in [0.2, 0.25) is 11.3 Å². The van der Waals surface area contributed by atoms with Crippen LogP contribution in [-0.4, -0.2) is 41.3 Å². The average Bonchev–Trinajstić information content (AvgIpc) is 2.52. The number of nitrogens with zero attached hydrogens (tertiary/aromatic N) is 1. The maximum atomic E-state index is 12.4. The summed E-state index contributed by atoms with van der Waals surface area (Å²) in [4.78, 5) is 41.3. The molecule has 1 saturated heterocycles. The van der Waals surface area contributed by atoms with Crippen molar-refractivity contribution in [1.29, 1.82) is 0 Å². The SMILES string of the molecule is CN1CCCC(NC(=O)c2c[nH]c3ccccc3c2=O)C1=O. The molecule has 3 rings (SSSR count). The Morgan fingerprint density at radius 2 is 2.09 bits per heavy atom. The van der Waals surface area contributed by atoms with Crippen LogP contribution in [0.25, 0.3) is 10.9 Å². The number of para-hydroxylation sites is 1. The highest BCUT2D eigenvalue weighted by Crippen LogP contribution is 2.11. The lowest BCUT2D eigenvalue weighted by atomic mass is 10.0. The number of aromatic amines is 1. The zero-order valence-electron chi connectivity index (χ0n) is 12.3. The minimum Gasteiger partial charge on any atom is -0.360 e. The number of hydrogen-bond donors (Lipinski definition) is 2. The highest BCUT2D eigenvalue weighted by atomic mass is 16.2. The van der Waals surface area contributed by atoms with Crippen LogP contribution < -0.4 is 10.7 Å². The number of nitrogens with one attached hydrogen (secondary N) is 2. The Balaban J connectivity index is 1.88. The van der Waals surface area contributed by atoms with E-state index in [2.05, 4.69) is 10.3 Å². The van der Waals surface area contributed by atoms with Crippen molar-refractivity contribution in [2.75, 3.05) is 13.6 Å². The highest BCUT2D eigenvalue weighted by Gasteiger charge is 2.28. The van der Waals surface area contributed by atoms with E-state index in [4.69, 9.17) is 0 Å². The average molecular weight is 299 g/mol. The first-order valence-corrected chi connectivity index (χ1v) is 7.24. The molecule has 1 fully saturated rings. The van der Waals surface area contributed by atoms with Gasteiger partial charge in [-0.25, -0.2) is 0 Å². The lowest BCUT2D eigenvalue weighted by Crippen LogP contribution is -2.51. The number of fused-ring (bicyclic) bond motifs is 1. The Bertz CT molecular complexity index is 797. The van der Waals surface area contributed by atoms with Crippen LogP contribution in [0.3, 0.4) is 0 Å². The van der Waals surface area contributed by atoms with Crippen LogP contribution in [0.1, 0.15) is 23.2 Å². The molecule has 0 radical (unpaired) electrons. The summed E-state index contributed by atoms with van der Waals surface area (Å²) in [5.74, 6) is -0.627. The van der Waals surface area contributed by atoms with Crippen molar-refractivity contribution in [2.24, 2.45) is 0 Å². The van der Waals surface area contributed by atoms with Crippen molar-refractivity contribution in [2.45, 2.75) is 18.9 Å². The van der Waals surface area contributed by atoms with Gasteiger partial charge in [-0.2, -0.15) is 0 Å². The van der Waals surface area contributed by atoms with Gasteiger partial charge >= 0.3 is 0 Å². The Labute approximate surface area is 127 Å². The molecule has 1 aliphatic rings. The standard InChI is InChI=1S/C16H17N3O3/c1-19-8-4-7-13(16(19)22)18-15(21)11-9-17-12-6-3-2-5-10(12)14(11)20/h2-3,5-6,9,13H,4,7-8H2,1H3,(H,17,20)(H,18,21). The zero-order chi connectivity index (χ0) is 15.7. The smallest absolute Gasteiger partial charge is 0.257 e. The second-order valence-corrected chi connectivity index (χ2v) is 5.51. The summed E-state index contributed by atoms with van der Waals surface area (Å²) >= 11 is 0. The number of rotatable bonds is 2. The van der Waals surface area contributed by atoms with E-state index in [1.54, 1.807) is 30.1 Å². The molecular formula is C16H17N3O3. The van der Waals surface area contributed by atoms with E-state index < -0.39 is 11.9 Å². The van der Waals surface area contributed by atoms with Crippen LogP contribution in [0.5, 0.6) is 0 Å². The number of hydrogen-bond acceptors (Lipinski definition) is 3. The van der Waals surface area contributed by atoms with Crippen LogP contribution in [0.2, 0.25) is 0 Å². The fraction of sp³-hybridized carbons (Fsp3) is 0.312. The van der Waals surface area contributed by atoms with Gasteiger partial charge in [-0.15, -0.1) is 0 Å². The third-order valence-corrected chi connectivity index (χ3v) is 4.00. The molecule has 2 N–H and O–H groups in total. The van der Waals surface area contributed by atoms with E-state index in [1.807, 2.05) is 6.07 Å². The zero-order valence-corrected chi connectivity index (χ0v) is 12.3. The van der Waals surface area contributed by atoms with Crippen molar-refractivity contribution in [1.82, 2.24) is 15.2 Å². The van der Waals surface area contributed by atoms with Crippen LogP contribution >= 0.6 is 0 Å². The number of benzene rings is 1. The van der Waals surface area contributed by atoms with Gasteiger partial charge in [0.25, 0.3) is 5.91 Å². The molecule has 1 aliphatic heterocycles. The lowest BCUT2D eigenvalue weighted by molar-refractivity contribution is -0.134. The molecule has 1 aromatic carbocycles. The van der Waals surface area contributed by atoms with Gasteiger partial charge in [-0.1, -0.05) is 12.1 Å². The van der Waals surface area contributed by atoms with E-state index in [0.29, 0.717) is 23.9 Å². The predicted octanol–water partition coefficient (Wildman–Crippen LogP) is 0.879. The largest absolute Gasteiger partial charge is 0.360 e. The van der Waals surface area contributed by atoms with Crippen molar-refractivity contribution >= 4 is 22.7 Å². The van der Waals surface area contributed by atoms with Crippen LogP contribution in [0, 0.1) is 0 Å². The van der Waals surface area contributed by atoms with Crippen LogP contribution in [-0.2, 0) is 4.79 Å². The Morgan fingerprint density at radius 1 is 1.32 bits per heavy atom. The number of carbonyl (C=O) groups excluding carboxylic acids is 2. The van der Waals surface area contributed by atoms with Crippen molar-refractivity contribution in [3.8, 4) is 0 Å². The molecule has 1 atom stereocenters. The number of likely N-dealkylation sites (N-methyl/N-ethyl adjacent to an activating group) is 1. The number of H-pyrrole nitrogens is 1. The summed E-state index contributed by atoms with van der Waals surface area (Å²) in [7, 11) is 1.71. The number of piperidine rings is 1. The van der Waals surface area contributed by atoms with Gasteiger partial charge in [0.15, 0.2) is 0 Å². The molecular weight excluding hydrogens is 282 g/mol. The topological polar surface area (TPSA) is 82.3 Å². The molecule has 2 aromatic rings. The molecule has 6 nitrogen and oxygen atoms in total. The number of likely N-dealkylation sites (tertiary alicyclic amines) is 1. The van der Waals surface area contributed by atoms with Gasteiger partial charge < -0.3 is 15.2 Å². The van der Waals surface area contributed by atoms with Gasteiger partial charge in [0, 0.05) is 30.7 Å². The Kier molecular flexibility index (Phi) is 3.66. The van der Waals surface area contributed by atoms with Crippen molar-refractivity contribution in [3.63, 3.8) is 0 Å². The molecule has 22 heavy (non-hydrogen) atoms. The summed E-state index contributed by atoms with van der Waals surface area (Å²) in [6.45, 7) is 0.696. The van der Waals surface area contributed by atoms with E-state index >= 15 is 0 Å². The molecule has 2 amide bonds. The summed E-state index contributed by atoms with van der Waals surface area (Å²) in [6.07, 6.45) is 2.83. The molecule has 6 heteroatoms. The van der Waals surface area contributed by atoms with E-state index in [-0.39, 0.29) is 16.9 Å². The first-order valence-electron chi connectivity index (χ1n) is 7.24. The number of aromatic nitrogens is 1. The summed E-state index contributed by atoms with van der Waals surface area (Å²) in [5, 5.41) is 3.13. The second-order valence-electron chi connectivity index (χ2n) is 5.51. The van der Waals surface area contributed by atoms with Gasteiger partial charge in [-0.3, -0.25) is 14.4 Å². The van der Waals surface area contributed by atoms with Gasteiger partial charge in [0.1, 0.15) is 11.6 Å². The fourth-order valence-electron chi connectivity index (χ4n) is 2.74. The Morgan fingerprint density at radius 3 is 2.91 bits per heavy atom. The monoisotopic (exact) mass is 299 g/mol. The van der Waals surface area contributed by atoms with E-state index in [9.17, 15) is 14.4 Å². The molecule has 2 heterocycles. The van der Waals surface area contributed by atoms with E-state index in [1.165, 1.54) is 6.20 Å². The minimum atomic E-state index is -0.558. The molecule has 114 valence electrons. The molecule has 0 spiro atoms. The second kappa shape index (κ2) is 5.63. The lowest BCUT2D eigenvalue weighted by Gasteiger charge is -2.29. The molecule has 0 saturated carbocycles.